The van der Waals surface area contributed by atoms with Crippen LogP contribution >= 0.6 is 11.6 Å². The third-order valence-electron chi connectivity index (χ3n) is 4.04. The smallest absolute Gasteiger partial charge is 0.252 e. The van der Waals surface area contributed by atoms with E-state index in [2.05, 4.69) is 10.3 Å². The number of benzene rings is 2. The van der Waals surface area contributed by atoms with Crippen molar-refractivity contribution in [3.05, 3.63) is 94.6 Å². The van der Waals surface area contributed by atoms with E-state index in [0.29, 0.717) is 11.4 Å². The van der Waals surface area contributed by atoms with Gasteiger partial charge in [0.05, 0.1) is 6.04 Å². The maximum atomic E-state index is 12.9. The fraction of sp³-hybridized carbons (Fsp3) is 0.143. The van der Waals surface area contributed by atoms with E-state index in [-0.39, 0.29) is 17.1 Å². The van der Waals surface area contributed by atoms with Crippen molar-refractivity contribution in [2.45, 2.75) is 6.04 Å². The molecule has 4 nitrogen and oxygen atoms in total. The van der Waals surface area contributed by atoms with E-state index in [1.54, 1.807) is 12.1 Å². The zero-order valence-electron chi connectivity index (χ0n) is 14.7. The Balaban J connectivity index is 1.94. The van der Waals surface area contributed by atoms with Crippen LogP contribution in [0.5, 0.6) is 0 Å². The highest BCUT2D eigenvalue weighted by atomic mass is 35.5. The van der Waals surface area contributed by atoms with Gasteiger partial charge in [-0.1, -0.05) is 72.3 Å². The first-order valence-electron chi connectivity index (χ1n) is 8.30. The van der Waals surface area contributed by atoms with Gasteiger partial charge >= 0.3 is 0 Å². The Labute approximate surface area is 158 Å². The lowest BCUT2D eigenvalue weighted by molar-refractivity contribution is 0.0943. The van der Waals surface area contributed by atoms with Crippen molar-refractivity contribution in [1.82, 2.24) is 10.3 Å². The minimum Gasteiger partial charge on any atom is -0.363 e. The summed E-state index contributed by atoms with van der Waals surface area (Å²) in [6, 6.07) is 22.8. The molecule has 1 amide bonds. The lowest BCUT2D eigenvalue weighted by Crippen LogP contribution is -2.29. The molecule has 1 N–H and O–H groups in total. The van der Waals surface area contributed by atoms with E-state index in [4.69, 9.17) is 11.6 Å². The molecule has 0 aliphatic heterocycles. The number of aromatic nitrogens is 1. The van der Waals surface area contributed by atoms with Crippen molar-refractivity contribution in [1.29, 1.82) is 0 Å². The van der Waals surface area contributed by atoms with Crippen LogP contribution in [-0.2, 0) is 0 Å². The molecule has 0 radical (unpaired) electrons. The number of amides is 1. The number of carbonyl (C=O) groups is 1. The van der Waals surface area contributed by atoms with Crippen LogP contribution < -0.4 is 10.2 Å². The van der Waals surface area contributed by atoms with Gasteiger partial charge in [-0.15, -0.1) is 0 Å². The predicted octanol–water partition coefficient (Wildman–Crippen LogP) is 4.32. The molecular formula is C21H20ClN3O. The molecule has 1 heterocycles. The second kappa shape index (κ2) is 8.02. The van der Waals surface area contributed by atoms with Crippen molar-refractivity contribution < 1.29 is 4.79 Å². The largest absolute Gasteiger partial charge is 0.363 e. The average Bonchev–Trinajstić information content (AvgIpc) is 2.66. The third kappa shape index (κ3) is 4.21. The molecule has 5 heteroatoms. The summed E-state index contributed by atoms with van der Waals surface area (Å²) in [4.78, 5) is 18.9. The molecule has 0 saturated heterocycles. The highest BCUT2D eigenvalue weighted by Gasteiger charge is 2.18. The van der Waals surface area contributed by atoms with E-state index >= 15 is 0 Å². The summed E-state index contributed by atoms with van der Waals surface area (Å²) < 4.78 is 0. The lowest BCUT2D eigenvalue weighted by atomic mass is 9.98. The van der Waals surface area contributed by atoms with Gasteiger partial charge in [-0.05, 0) is 23.3 Å². The summed E-state index contributed by atoms with van der Waals surface area (Å²) in [5.41, 5.74) is 2.51. The molecule has 1 aromatic heterocycles. The summed E-state index contributed by atoms with van der Waals surface area (Å²) in [5.74, 6) is 0.439. The van der Waals surface area contributed by atoms with Crippen LogP contribution in [0.1, 0.15) is 27.5 Å². The van der Waals surface area contributed by atoms with Crippen molar-refractivity contribution >= 4 is 23.3 Å². The number of pyridine rings is 1. The summed E-state index contributed by atoms with van der Waals surface area (Å²) in [7, 11) is 3.72. The van der Waals surface area contributed by atoms with Crippen LogP contribution in [0.3, 0.4) is 0 Å². The number of halogens is 1. The number of anilines is 1. The second-order valence-electron chi connectivity index (χ2n) is 6.16. The second-order valence-corrected chi connectivity index (χ2v) is 6.55. The van der Waals surface area contributed by atoms with Crippen LogP contribution in [0.4, 0.5) is 5.82 Å². The molecule has 132 valence electrons. The van der Waals surface area contributed by atoms with Crippen molar-refractivity contribution in [2.24, 2.45) is 0 Å². The minimum atomic E-state index is -0.250. The van der Waals surface area contributed by atoms with E-state index in [1.807, 2.05) is 79.7 Å². The molecule has 26 heavy (non-hydrogen) atoms. The maximum Gasteiger partial charge on any atom is 0.252 e. The zero-order chi connectivity index (χ0) is 18.5. The van der Waals surface area contributed by atoms with Crippen LogP contribution in [0.25, 0.3) is 0 Å². The molecule has 0 aliphatic carbocycles. The Morgan fingerprint density at radius 2 is 1.50 bits per heavy atom. The van der Waals surface area contributed by atoms with Gasteiger partial charge < -0.3 is 10.2 Å². The van der Waals surface area contributed by atoms with Crippen molar-refractivity contribution in [3.63, 3.8) is 0 Å². The predicted molar refractivity (Wildman–Crippen MR) is 106 cm³/mol. The Kier molecular flexibility index (Phi) is 5.54. The molecule has 0 unspecified atom stereocenters. The normalized spacial score (nSPS) is 10.6. The molecule has 3 aromatic rings. The molecule has 3 rings (SSSR count). The number of hydrogen-bond donors (Lipinski definition) is 1. The third-order valence-corrected chi connectivity index (χ3v) is 4.24. The SMILES string of the molecule is CN(C)c1cc(C(=O)NC(c2ccccc2)c2ccccc2)cc(Cl)n1. The van der Waals surface area contributed by atoms with Crippen molar-refractivity contribution in [3.8, 4) is 0 Å². The van der Waals surface area contributed by atoms with E-state index in [0.717, 1.165) is 11.1 Å². The van der Waals surface area contributed by atoms with Gasteiger partial charge in [0.2, 0.25) is 0 Å². The monoisotopic (exact) mass is 365 g/mol. The fourth-order valence-electron chi connectivity index (χ4n) is 2.71. The molecule has 0 bridgehead atoms. The summed E-state index contributed by atoms with van der Waals surface area (Å²) >= 11 is 6.09. The highest BCUT2D eigenvalue weighted by Crippen LogP contribution is 2.23. The average molecular weight is 366 g/mol. The Morgan fingerprint density at radius 1 is 0.962 bits per heavy atom. The summed E-state index contributed by atoms with van der Waals surface area (Å²) in [6.07, 6.45) is 0. The molecule has 0 fully saturated rings. The van der Waals surface area contributed by atoms with E-state index in [9.17, 15) is 4.79 Å². The number of nitrogens with zero attached hydrogens (tertiary/aromatic N) is 2. The molecule has 2 aromatic carbocycles. The number of rotatable bonds is 5. The number of carbonyl (C=O) groups excluding carboxylic acids is 1. The van der Waals surface area contributed by atoms with Gasteiger partial charge in [0.1, 0.15) is 11.0 Å². The van der Waals surface area contributed by atoms with Crippen LogP contribution in [0, 0.1) is 0 Å². The lowest BCUT2D eigenvalue weighted by Gasteiger charge is -2.20. The van der Waals surface area contributed by atoms with E-state index < -0.39 is 0 Å². The van der Waals surface area contributed by atoms with Crippen LogP contribution in [-0.4, -0.2) is 25.0 Å². The minimum absolute atomic E-state index is 0.199. The Bertz CT molecular complexity index is 843. The standard InChI is InChI=1S/C21H20ClN3O/c1-25(2)19-14-17(13-18(22)23-19)21(26)24-20(15-9-5-3-6-10-15)16-11-7-4-8-12-16/h3-14,20H,1-2H3,(H,24,26). The van der Waals surface area contributed by atoms with Gasteiger partial charge in [0, 0.05) is 19.7 Å². The number of hydrogen-bond acceptors (Lipinski definition) is 3. The van der Waals surface area contributed by atoms with E-state index in [1.165, 1.54) is 0 Å². The first-order chi connectivity index (χ1) is 12.5. The molecule has 0 aliphatic rings. The first-order valence-corrected chi connectivity index (χ1v) is 8.68. The summed E-state index contributed by atoms with van der Waals surface area (Å²) in [5, 5.41) is 3.40. The Hall–Kier alpha value is -2.85. The van der Waals surface area contributed by atoms with Gasteiger partial charge in [-0.2, -0.15) is 0 Å². The van der Waals surface area contributed by atoms with Crippen LogP contribution in [0.2, 0.25) is 5.15 Å². The topological polar surface area (TPSA) is 45.2 Å². The maximum absolute atomic E-state index is 12.9. The van der Waals surface area contributed by atoms with Gasteiger partial charge in [0.25, 0.3) is 5.91 Å². The number of nitrogens with one attached hydrogen (secondary N) is 1. The molecular weight excluding hydrogens is 346 g/mol. The van der Waals surface area contributed by atoms with Crippen LogP contribution in [0.15, 0.2) is 72.8 Å². The summed E-state index contributed by atoms with van der Waals surface area (Å²) in [6.45, 7) is 0. The molecule has 0 atom stereocenters. The van der Waals surface area contributed by atoms with Crippen molar-refractivity contribution in [2.75, 3.05) is 19.0 Å². The Morgan fingerprint density at radius 3 is 2.00 bits per heavy atom. The fourth-order valence-corrected chi connectivity index (χ4v) is 2.91. The van der Waals surface area contributed by atoms with Gasteiger partial charge in [0.15, 0.2) is 0 Å². The highest BCUT2D eigenvalue weighted by molar-refractivity contribution is 6.29. The molecule has 0 spiro atoms. The van der Waals surface area contributed by atoms with Gasteiger partial charge in [-0.25, -0.2) is 4.98 Å². The first kappa shape index (κ1) is 18.0. The quantitative estimate of drug-likeness (QED) is 0.685. The molecule has 0 saturated carbocycles. The van der Waals surface area contributed by atoms with Gasteiger partial charge in [-0.3, -0.25) is 4.79 Å². The zero-order valence-corrected chi connectivity index (χ0v) is 15.4.